The Balaban J connectivity index is 2.29. The Morgan fingerprint density at radius 1 is 1.53 bits per heavy atom. The van der Waals surface area contributed by atoms with Crippen LogP contribution >= 0.6 is 0 Å². The van der Waals surface area contributed by atoms with Crippen LogP contribution in [0.1, 0.15) is 24.8 Å². The zero-order valence-electron chi connectivity index (χ0n) is 9.85. The van der Waals surface area contributed by atoms with Crippen LogP contribution in [0.3, 0.4) is 0 Å². The van der Waals surface area contributed by atoms with Gasteiger partial charge >= 0.3 is 5.97 Å². The fourth-order valence-corrected chi connectivity index (χ4v) is 2.37. The van der Waals surface area contributed by atoms with Crippen molar-refractivity contribution in [3.8, 4) is 5.75 Å². The van der Waals surface area contributed by atoms with E-state index in [1.807, 2.05) is 31.2 Å². The molecule has 1 aliphatic heterocycles. The van der Waals surface area contributed by atoms with Crippen LogP contribution in [0, 0.1) is 0 Å². The summed E-state index contributed by atoms with van der Waals surface area (Å²) in [6, 6.07) is 7.19. The summed E-state index contributed by atoms with van der Waals surface area (Å²) in [7, 11) is 0. The predicted octanol–water partition coefficient (Wildman–Crippen LogP) is 1.62. The van der Waals surface area contributed by atoms with E-state index in [1.54, 1.807) is 0 Å². The molecule has 1 saturated heterocycles. The fourth-order valence-electron chi connectivity index (χ4n) is 2.37. The van der Waals surface area contributed by atoms with Crippen LogP contribution in [0.15, 0.2) is 24.3 Å². The molecule has 1 heterocycles. The summed E-state index contributed by atoms with van der Waals surface area (Å²) in [6.45, 7) is 3.26. The van der Waals surface area contributed by atoms with Crippen LogP contribution in [0.5, 0.6) is 5.75 Å². The number of para-hydroxylation sites is 1. The van der Waals surface area contributed by atoms with Crippen LogP contribution in [0.2, 0.25) is 0 Å². The molecule has 0 aliphatic carbocycles. The van der Waals surface area contributed by atoms with Crippen molar-refractivity contribution < 1.29 is 14.6 Å². The number of rotatable bonds is 4. The van der Waals surface area contributed by atoms with Gasteiger partial charge in [-0.3, -0.25) is 4.79 Å². The summed E-state index contributed by atoms with van der Waals surface area (Å²) < 4.78 is 5.56. The minimum absolute atomic E-state index is 0.00440. The number of ether oxygens (including phenoxy) is 1. The van der Waals surface area contributed by atoms with E-state index in [4.69, 9.17) is 9.84 Å². The predicted molar refractivity (Wildman–Crippen MR) is 64.4 cm³/mol. The lowest BCUT2D eigenvalue weighted by molar-refractivity contribution is -0.139. The first-order chi connectivity index (χ1) is 8.24. The summed E-state index contributed by atoms with van der Waals surface area (Å²) >= 11 is 0. The number of carboxylic acids is 1. The van der Waals surface area contributed by atoms with Crippen molar-refractivity contribution in [2.24, 2.45) is 0 Å². The SMILES string of the molecule is CCOc1ccccc1C1CCNC1C(=O)O. The van der Waals surface area contributed by atoms with Crippen molar-refractivity contribution in [3.63, 3.8) is 0 Å². The standard InChI is InChI=1S/C13H17NO3/c1-2-17-11-6-4-3-5-9(11)10-7-8-14-12(10)13(15)16/h3-6,10,12,14H,2,7-8H2,1H3,(H,15,16). The Morgan fingerprint density at radius 2 is 2.29 bits per heavy atom. The van der Waals surface area contributed by atoms with Crippen molar-refractivity contribution >= 4 is 5.97 Å². The molecule has 1 aromatic rings. The number of aliphatic carboxylic acids is 1. The highest BCUT2D eigenvalue weighted by Crippen LogP contribution is 2.34. The molecule has 4 heteroatoms. The lowest BCUT2D eigenvalue weighted by Crippen LogP contribution is -2.34. The molecule has 92 valence electrons. The Kier molecular flexibility index (Phi) is 3.64. The number of carboxylic acid groups (broad SMARTS) is 1. The molecule has 0 amide bonds. The van der Waals surface area contributed by atoms with Crippen molar-refractivity contribution in [1.82, 2.24) is 5.32 Å². The van der Waals surface area contributed by atoms with Crippen LogP contribution in [0.4, 0.5) is 0 Å². The van der Waals surface area contributed by atoms with E-state index in [0.717, 1.165) is 24.3 Å². The summed E-state index contributed by atoms with van der Waals surface area (Å²) in [5.74, 6) is 0.00371. The van der Waals surface area contributed by atoms with Crippen LogP contribution in [-0.2, 0) is 4.79 Å². The van der Waals surface area contributed by atoms with Gasteiger partial charge in [-0.2, -0.15) is 0 Å². The van der Waals surface area contributed by atoms with Gasteiger partial charge in [-0.1, -0.05) is 18.2 Å². The first kappa shape index (κ1) is 11.9. The second kappa shape index (κ2) is 5.19. The van der Waals surface area contributed by atoms with Gasteiger partial charge in [0.05, 0.1) is 6.61 Å². The molecule has 0 radical (unpaired) electrons. The van der Waals surface area contributed by atoms with Crippen molar-refractivity contribution in [2.75, 3.05) is 13.2 Å². The van der Waals surface area contributed by atoms with Crippen LogP contribution in [0.25, 0.3) is 0 Å². The topological polar surface area (TPSA) is 58.6 Å². The lowest BCUT2D eigenvalue weighted by Gasteiger charge is -2.19. The van der Waals surface area contributed by atoms with Gasteiger partial charge in [0.25, 0.3) is 0 Å². The third-order valence-corrected chi connectivity index (χ3v) is 3.11. The molecule has 2 unspecified atom stereocenters. The van der Waals surface area contributed by atoms with Gasteiger partial charge in [-0.05, 0) is 31.5 Å². The number of nitrogens with one attached hydrogen (secondary N) is 1. The molecule has 1 aromatic carbocycles. The lowest BCUT2D eigenvalue weighted by atomic mass is 9.91. The molecule has 2 atom stereocenters. The summed E-state index contributed by atoms with van der Waals surface area (Å²) in [4.78, 5) is 11.2. The second-order valence-electron chi connectivity index (χ2n) is 4.14. The molecule has 4 nitrogen and oxygen atoms in total. The van der Waals surface area contributed by atoms with Crippen LogP contribution < -0.4 is 10.1 Å². The maximum Gasteiger partial charge on any atom is 0.321 e. The van der Waals surface area contributed by atoms with Gasteiger partial charge in [0.2, 0.25) is 0 Å². The Bertz CT molecular complexity index is 405. The normalized spacial score (nSPS) is 23.6. The average Bonchev–Trinajstić information content (AvgIpc) is 2.79. The summed E-state index contributed by atoms with van der Waals surface area (Å²) in [5, 5.41) is 12.2. The fraction of sp³-hybridized carbons (Fsp3) is 0.462. The minimum atomic E-state index is -0.793. The molecule has 0 spiro atoms. The number of hydrogen-bond acceptors (Lipinski definition) is 3. The largest absolute Gasteiger partial charge is 0.494 e. The first-order valence-electron chi connectivity index (χ1n) is 5.92. The Morgan fingerprint density at radius 3 is 3.00 bits per heavy atom. The maximum absolute atomic E-state index is 11.2. The van der Waals surface area contributed by atoms with Gasteiger partial charge in [0.15, 0.2) is 0 Å². The van der Waals surface area contributed by atoms with E-state index in [9.17, 15) is 4.79 Å². The molecular weight excluding hydrogens is 218 g/mol. The molecule has 1 aliphatic rings. The second-order valence-corrected chi connectivity index (χ2v) is 4.14. The highest BCUT2D eigenvalue weighted by molar-refractivity contribution is 5.75. The Hall–Kier alpha value is -1.55. The minimum Gasteiger partial charge on any atom is -0.494 e. The number of hydrogen-bond donors (Lipinski definition) is 2. The number of benzene rings is 1. The van der Waals surface area contributed by atoms with Gasteiger partial charge in [0, 0.05) is 5.92 Å². The summed E-state index contributed by atoms with van der Waals surface area (Å²) in [5.41, 5.74) is 0.992. The van der Waals surface area contributed by atoms with E-state index in [0.29, 0.717) is 6.61 Å². The zero-order valence-corrected chi connectivity index (χ0v) is 9.85. The molecule has 0 bridgehead atoms. The van der Waals surface area contributed by atoms with Crippen molar-refractivity contribution in [3.05, 3.63) is 29.8 Å². The third kappa shape index (κ3) is 2.42. The summed E-state index contributed by atoms with van der Waals surface area (Å²) in [6.07, 6.45) is 0.834. The maximum atomic E-state index is 11.2. The smallest absolute Gasteiger partial charge is 0.321 e. The van der Waals surface area contributed by atoms with E-state index < -0.39 is 12.0 Å². The molecule has 2 rings (SSSR count). The first-order valence-corrected chi connectivity index (χ1v) is 5.92. The Labute approximate surface area is 101 Å². The van der Waals surface area contributed by atoms with E-state index >= 15 is 0 Å². The highest BCUT2D eigenvalue weighted by atomic mass is 16.5. The van der Waals surface area contributed by atoms with E-state index in [1.165, 1.54) is 0 Å². The van der Waals surface area contributed by atoms with Crippen LogP contribution in [-0.4, -0.2) is 30.3 Å². The highest BCUT2D eigenvalue weighted by Gasteiger charge is 2.35. The van der Waals surface area contributed by atoms with Gasteiger partial charge < -0.3 is 15.2 Å². The monoisotopic (exact) mass is 235 g/mol. The third-order valence-electron chi connectivity index (χ3n) is 3.11. The molecule has 17 heavy (non-hydrogen) atoms. The molecular formula is C13H17NO3. The van der Waals surface area contributed by atoms with Gasteiger partial charge in [0.1, 0.15) is 11.8 Å². The van der Waals surface area contributed by atoms with Gasteiger partial charge in [-0.15, -0.1) is 0 Å². The molecule has 0 aromatic heterocycles. The quantitative estimate of drug-likeness (QED) is 0.832. The molecule has 0 saturated carbocycles. The van der Waals surface area contributed by atoms with E-state index in [2.05, 4.69) is 5.32 Å². The molecule has 2 N–H and O–H groups in total. The van der Waals surface area contributed by atoms with E-state index in [-0.39, 0.29) is 5.92 Å². The zero-order chi connectivity index (χ0) is 12.3. The van der Waals surface area contributed by atoms with Crippen molar-refractivity contribution in [2.45, 2.75) is 25.3 Å². The average molecular weight is 235 g/mol. The van der Waals surface area contributed by atoms with Gasteiger partial charge in [-0.25, -0.2) is 0 Å². The number of carbonyl (C=O) groups is 1. The van der Waals surface area contributed by atoms with Crippen molar-refractivity contribution in [1.29, 1.82) is 0 Å². The molecule has 1 fully saturated rings.